The van der Waals surface area contributed by atoms with Crippen LogP contribution in [0.3, 0.4) is 0 Å². The number of nitro groups is 1. The molecule has 0 radical (unpaired) electrons. The number of nitrogens with zero attached hydrogens (tertiary/aromatic N) is 3. The highest BCUT2D eigenvalue weighted by molar-refractivity contribution is 8.18. The zero-order valence-corrected chi connectivity index (χ0v) is 11.7. The van der Waals surface area contributed by atoms with Crippen LogP contribution in [-0.4, -0.2) is 30.1 Å². The Labute approximate surface area is 119 Å². The maximum Gasteiger partial charge on any atom is 0.293 e. The lowest BCUT2D eigenvalue weighted by Crippen LogP contribution is -2.11. The van der Waals surface area contributed by atoms with Crippen LogP contribution in [0.4, 0.5) is 11.4 Å². The fourth-order valence-corrected chi connectivity index (χ4v) is 2.41. The van der Waals surface area contributed by atoms with E-state index in [4.69, 9.17) is 5.73 Å². The molecule has 1 aliphatic heterocycles. The number of aliphatic imine (C=N–C) groups is 1. The molecule has 0 aromatic heterocycles. The molecule has 0 fully saturated rings. The highest BCUT2D eigenvalue weighted by Crippen LogP contribution is 2.31. The minimum absolute atomic E-state index is 0.0197. The molecule has 8 heteroatoms. The Balaban J connectivity index is 2.40. The Morgan fingerprint density at radius 1 is 1.45 bits per heavy atom. The fraction of sp³-hybridized carbons (Fsp3) is 0.167. The summed E-state index contributed by atoms with van der Waals surface area (Å²) in [6, 6.07) is 4.77. The minimum atomic E-state index is -0.453. The van der Waals surface area contributed by atoms with Gasteiger partial charge in [0.15, 0.2) is 5.17 Å². The van der Waals surface area contributed by atoms with Crippen molar-refractivity contribution in [3.05, 3.63) is 38.8 Å². The first kappa shape index (κ1) is 14.1. The number of hydrogen-bond acceptors (Lipinski definition) is 6. The van der Waals surface area contributed by atoms with Crippen LogP contribution in [0.5, 0.6) is 0 Å². The topological polar surface area (TPSA) is 102 Å². The number of carbonyl (C=O) groups is 1. The van der Waals surface area contributed by atoms with Crippen molar-refractivity contribution >= 4 is 40.3 Å². The van der Waals surface area contributed by atoms with Gasteiger partial charge in [-0.15, -0.1) is 0 Å². The van der Waals surface area contributed by atoms with E-state index in [-0.39, 0.29) is 10.9 Å². The van der Waals surface area contributed by atoms with Crippen molar-refractivity contribution in [1.82, 2.24) is 0 Å². The molecule has 1 heterocycles. The van der Waals surface area contributed by atoms with Gasteiger partial charge in [0.25, 0.3) is 11.6 Å². The molecule has 20 heavy (non-hydrogen) atoms. The second-order valence-electron chi connectivity index (χ2n) is 4.27. The molecule has 0 saturated heterocycles. The number of thioether (sulfide) groups is 1. The molecule has 1 aromatic carbocycles. The van der Waals surface area contributed by atoms with Crippen molar-refractivity contribution in [3.63, 3.8) is 0 Å². The second-order valence-corrected chi connectivity index (χ2v) is 5.33. The average Bonchev–Trinajstić information content (AvgIpc) is 2.67. The van der Waals surface area contributed by atoms with Gasteiger partial charge < -0.3 is 10.6 Å². The van der Waals surface area contributed by atoms with Crippen LogP contribution in [0, 0.1) is 10.1 Å². The zero-order valence-electron chi connectivity index (χ0n) is 10.9. The Morgan fingerprint density at radius 2 is 2.15 bits per heavy atom. The Kier molecular flexibility index (Phi) is 3.75. The lowest BCUT2D eigenvalue weighted by atomic mass is 10.1. The fourth-order valence-electron chi connectivity index (χ4n) is 1.73. The molecule has 0 spiro atoms. The molecule has 0 saturated carbocycles. The molecule has 1 aliphatic rings. The molecule has 1 amide bonds. The first-order valence-corrected chi connectivity index (χ1v) is 6.44. The molecule has 1 aromatic rings. The summed E-state index contributed by atoms with van der Waals surface area (Å²) in [5.74, 6) is -0.424. The molecule has 0 aliphatic carbocycles. The Morgan fingerprint density at radius 3 is 2.65 bits per heavy atom. The molecule has 104 valence electrons. The largest absolute Gasteiger partial charge is 0.378 e. The van der Waals surface area contributed by atoms with E-state index in [0.717, 1.165) is 11.8 Å². The number of hydrogen-bond donors (Lipinski definition) is 1. The van der Waals surface area contributed by atoms with Gasteiger partial charge >= 0.3 is 0 Å². The predicted octanol–water partition coefficient (Wildman–Crippen LogP) is 1.59. The van der Waals surface area contributed by atoms with Gasteiger partial charge in [0.1, 0.15) is 5.69 Å². The molecular formula is C12H12N4O3S. The van der Waals surface area contributed by atoms with Gasteiger partial charge in [-0.25, -0.2) is 0 Å². The van der Waals surface area contributed by atoms with E-state index in [2.05, 4.69) is 4.99 Å². The second kappa shape index (κ2) is 5.33. The lowest BCUT2D eigenvalue weighted by molar-refractivity contribution is -0.384. The molecule has 0 atom stereocenters. The third-order valence-electron chi connectivity index (χ3n) is 2.61. The first-order valence-electron chi connectivity index (χ1n) is 5.62. The standard InChI is InChI=1S/C12H12N4O3S/c1-15(2)8-4-3-7(5-9(8)16(18)19)6-10-11(17)14-12(13)20-10/h3-6H,1-2H3,(H2,13,14,17)/b10-6-. The van der Waals surface area contributed by atoms with E-state index in [1.54, 1.807) is 37.2 Å². The number of nitrogens with two attached hydrogens (primary N) is 1. The van der Waals surface area contributed by atoms with E-state index in [9.17, 15) is 14.9 Å². The summed E-state index contributed by atoms with van der Waals surface area (Å²) in [6.45, 7) is 0. The van der Waals surface area contributed by atoms with E-state index in [1.807, 2.05) is 0 Å². The van der Waals surface area contributed by atoms with Gasteiger partial charge in [-0.2, -0.15) is 4.99 Å². The number of amides is 1. The summed E-state index contributed by atoms with van der Waals surface area (Å²) in [4.78, 5) is 27.7. The summed E-state index contributed by atoms with van der Waals surface area (Å²) < 4.78 is 0. The minimum Gasteiger partial charge on any atom is -0.378 e. The lowest BCUT2D eigenvalue weighted by Gasteiger charge is -2.12. The Hall–Kier alpha value is -2.35. The summed E-state index contributed by atoms with van der Waals surface area (Å²) in [7, 11) is 3.46. The zero-order chi connectivity index (χ0) is 14.9. The molecule has 2 rings (SSSR count). The molecule has 2 N–H and O–H groups in total. The maximum atomic E-state index is 11.5. The molecular weight excluding hydrogens is 280 g/mol. The number of nitro benzene ring substituents is 1. The third-order valence-corrected chi connectivity index (χ3v) is 3.43. The SMILES string of the molecule is CN(C)c1ccc(/C=C2\SC(N)=NC2=O)cc1[N+](=O)[O-]. The van der Waals surface area contributed by atoms with Crippen LogP contribution in [0.2, 0.25) is 0 Å². The molecule has 0 bridgehead atoms. The summed E-state index contributed by atoms with van der Waals surface area (Å²) in [5, 5.41) is 11.3. The summed E-state index contributed by atoms with van der Waals surface area (Å²) in [5.41, 5.74) is 6.48. The summed E-state index contributed by atoms with van der Waals surface area (Å²) in [6.07, 6.45) is 1.54. The monoisotopic (exact) mass is 292 g/mol. The van der Waals surface area contributed by atoms with Crippen LogP contribution in [0.1, 0.15) is 5.56 Å². The normalized spacial score (nSPS) is 16.4. The van der Waals surface area contributed by atoms with Crippen molar-refractivity contribution in [1.29, 1.82) is 0 Å². The maximum absolute atomic E-state index is 11.5. The van der Waals surface area contributed by atoms with Crippen molar-refractivity contribution in [2.75, 3.05) is 19.0 Å². The number of anilines is 1. The van der Waals surface area contributed by atoms with Crippen LogP contribution >= 0.6 is 11.8 Å². The van der Waals surface area contributed by atoms with Crippen molar-refractivity contribution in [2.45, 2.75) is 0 Å². The van der Waals surface area contributed by atoms with E-state index in [1.165, 1.54) is 6.07 Å². The van der Waals surface area contributed by atoms with E-state index in [0.29, 0.717) is 16.2 Å². The highest BCUT2D eigenvalue weighted by Gasteiger charge is 2.21. The Bertz CT molecular complexity index is 652. The van der Waals surface area contributed by atoms with E-state index >= 15 is 0 Å². The van der Waals surface area contributed by atoms with Crippen LogP contribution in [-0.2, 0) is 4.79 Å². The highest BCUT2D eigenvalue weighted by atomic mass is 32.2. The van der Waals surface area contributed by atoms with Crippen molar-refractivity contribution < 1.29 is 9.72 Å². The summed E-state index contributed by atoms with van der Waals surface area (Å²) >= 11 is 1.05. The van der Waals surface area contributed by atoms with Crippen molar-refractivity contribution in [2.24, 2.45) is 10.7 Å². The van der Waals surface area contributed by atoms with Gasteiger partial charge in [0.05, 0.1) is 9.83 Å². The molecule has 7 nitrogen and oxygen atoms in total. The molecule has 0 unspecified atom stereocenters. The van der Waals surface area contributed by atoms with Gasteiger partial charge in [0.2, 0.25) is 0 Å². The number of rotatable bonds is 3. The number of benzene rings is 1. The van der Waals surface area contributed by atoms with Gasteiger partial charge in [-0.1, -0.05) is 6.07 Å². The van der Waals surface area contributed by atoms with Crippen molar-refractivity contribution in [3.8, 4) is 0 Å². The predicted molar refractivity (Wildman–Crippen MR) is 79.6 cm³/mol. The van der Waals surface area contributed by atoms with Crippen LogP contribution in [0.25, 0.3) is 6.08 Å². The average molecular weight is 292 g/mol. The van der Waals surface area contributed by atoms with Crippen LogP contribution < -0.4 is 10.6 Å². The first-order chi connectivity index (χ1) is 9.38. The number of carbonyl (C=O) groups excluding carboxylic acids is 1. The van der Waals surface area contributed by atoms with Gasteiger partial charge in [-0.3, -0.25) is 14.9 Å². The number of amidine groups is 1. The smallest absolute Gasteiger partial charge is 0.293 e. The van der Waals surface area contributed by atoms with Gasteiger partial charge in [-0.05, 0) is 29.5 Å². The van der Waals surface area contributed by atoms with E-state index < -0.39 is 10.8 Å². The quantitative estimate of drug-likeness (QED) is 0.515. The van der Waals surface area contributed by atoms with Gasteiger partial charge in [0, 0.05) is 20.2 Å². The third kappa shape index (κ3) is 2.80. The van der Waals surface area contributed by atoms with Crippen LogP contribution in [0.15, 0.2) is 28.1 Å².